The van der Waals surface area contributed by atoms with E-state index in [9.17, 15) is 4.39 Å². The van der Waals surface area contributed by atoms with E-state index in [4.69, 9.17) is 22.1 Å². The Morgan fingerprint density at radius 1 is 1.53 bits per heavy atom. The van der Waals surface area contributed by atoms with E-state index < -0.39 is 0 Å². The molecule has 1 heterocycles. The first-order valence-corrected chi connectivity index (χ1v) is 6.94. The molecule has 0 radical (unpaired) electrons. The van der Waals surface area contributed by atoms with Gasteiger partial charge in [0.2, 0.25) is 0 Å². The molecule has 1 saturated heterocycles. The number of benzene rings is 1. The van der Waals surface area contributed by atoms with Crippen LogP contribution >= 0.6 is 11.6 Å². The highest BCUT2D eigenvalue weighted by Crippen LogP contribution is 2.27. The number of ether oxygens (including phenoxy) is 1. The average molecular weight is 287 g/mol. The highest BCUT2D eigenvalue weighted by atomic mass is 35.5. The maximum atomic E-state index is 13.5. The summed E-state index contributed by atoms with van der Waals surface area (Å²) in [4.78, 5) is 2.25. The molecule has 2 rings (SSSR count). The third kappa shape index (κ3) is 3.66. The molecule has 0 saturated carbocycles. The second kappa shape index (κ2) is 6.66. The molecule has 2 unspecified atom stereocenters. The van der Waals surface area contributed by atoms with Gasteiger partial charge < -0.3 is 10.5 Å². The molecular formula is C14H20ClFN2O. The Labute approximate surface area is 118 Å². The molecular weight excluding hydrogens is 267 g/mol. The summed E-state index contributed by atoms with van der Waals surface area (Å²) in [6, 6.07) is 4.61. The number of nitrogens with zero attached hydrogens (tertiary/aromatic N) is 1. The van der Waals surface area contributed by atoms with E-state index in [1.807, 2.05) is 0 Å². The molecule has 2 atom stereocenters. The first-order chi connectivity index (χ1) is 9.13. The maximum absolute atomic E-state index is 13.5. The number of rotatable bonds is 4. The Kier molecular flexibility index (Phi) is 5.16. The molecule has 0 bridgehead atoms. The number of hydrogen-bond donors (Lipinski definition) is 1. The van der Waals surface area contributed by atoms with Gasteiger partial charge in [0.05, 0.1) is 6.10 Å². The Hall–Kier alpha value is -0.680. The van der Waals surface area contributed by atoms with Crippen molar-refractivity contribution in [2.45, 2.75) is 25.0 Å². The minimum Gasteiger partial charge on any atom is -0.380 e. The summed E-state index contributed by atoms with van der Waals surface area (Å²) in [5, 5.41) is 0.411. The molecule has 1 aromatic carbocycles. The van der Waals surface area contributed by atoms with Gasteiger partial charge in [-0.05, 0) is 43.1 Å². The van der Waals surface area contributed by atoms with Crippen LogP contribution in [0.1, 0.15) is 24.4 Å². The molecule has 19 heavy (non-hydrogen) atoms. The smallest absolute Gasteiger partial charge is 0.125 e. The van der Waals surface area contributed by atoms with E-state index in [-0.39, 0.29) is 18.0 Å². The van der Waals surface area contributed by atoms with Gasteiger partial charge in [-0.15, -0.1) is 0 Å². The zero-order valence-electron chi connectivity index (χ0n) is 11.1. The van der Waals surface area contributed by atoms with Crippen LogP contribution in [0.5, 0.6) is 0 Å². The molecule has 106 valence electrons. The van der Waals surface area contributed by atoms with Crippen LogP contribution in [0.2, 0.25) is 5.02 Å². The van der Waals surface area contributed by atoms with E-state index in [0.717, 1.165) is 31.5 Å². The van der Waals surface area contributed by atoms with Gasteiger partial charge in [-0.2, -0.15) is 0 Å². The van der Waals surface area contributed by atoms with Crippen molar-refractivity contribution in [1.82, 2.24) is 4.90 Å². The van der Waals surface area contributed by atoms with Crippen LogP contribution < -0.4 is 5.73 Å². The van der Waals surface area contributed by atoms with Crippen molar-refractivity contribution in [3.05, 3.63) is 34.6 Å². The molecule has 1 aliphatic heterocycles. The normalized spacial score (nSPS) is 22.4. The van der Waals surface area contributed by atoms with Crippen LogP contribution in [-0.4, -0.2) is 37.7 Å². The lowest BCUT2D eigenvalue weighted by Gasteiger charge is -2.37. The largest absolute Gasteiger partial charge is 0.380 e. The number of piperidine rings is 1. The third-order valence-electron chi connectivity index (χ3n) is 3.68. The minimum absolute atomic E-state index is 0.00819. The summed E-state index contributed by atoms with van der Waals surface area (Å²) in [6.45, 7) is 2.22. The average Bonchev–Trinajstić information content (AvgIpc) is 2.39. The lowest BCUT2D eigenvalue weighted by molar-refractivity contribution is 0.0154. The highest BCUT2D eigenvalue weighted by Gasteiger charge is 2.26. The van der Waals surface area contributed by atoms with Gasteiger partial charge >= 0.3 is 0 Å². The van der Waals surface area contributed by atoms with Crippen molar-refractivity contribution in [1.29, 1.82) is 0 Å². The van der Waals surface area contributed by atoms with Crippen molar-refractivity contribution in [2.75, 3.05) is 26.7 Å². The van der Waals surface area contributed by atoms with Gasteiger partial charge in [-0.25, -0.2) is 4.39 Å². The van der Waals surface area contributed by atoms with Crippen molar-refractivity contribution in [2.24, 2.45) is 5.73 Å². The number of halogens is 2. The summed E-state index contributed by atoms with van der Waals surface area (Å²) in [5.74, 6) is -0.318. The standard InChI is InChI=1S/C14H20ClFN2O/c1-19-13-3-2-4-18(9-13)14(8-17)10-5-11(15)7-12(16)6-10/h5-7,13-14H,2-4,8-9,17H2,1H3. The van der Waals surface area contributed by atoms with E-state index in [0.29, 0.717) is 11.6 Å². The van der Waals surface area contributed by atoms with Crippen molar-refractivity contribution in [3.8, 4) is 0 Å². The molecule has 2 N–H and O–H groups in total. The number of methoxy groups -OCH3 is 1. The molecule has 1 fully saturated rings. The maximum Gasteiger partial charge on any atom is 0.125 e. The van der Waals surface area contributed by atoms with Crippen molar-refractivity contribution in [3.63, 3.8) is 0 Å². The van der Waals surface area contributed by atoms with Crippen LogP contribution in [0.3, 0.4) is 0 Å². The molecule has 1 aromatic rings. The van der Waals surface area contributed by atoms with E-state index in [1.165, 1.54) is 12.1 Å². The van der Waals surface area contributed by atoms with Gasteiger partial charge in [-0.1, -0.05) is 11.6 Å². The minimum atomic E-state index is -0.318. The third-order valence-corrected chi connectivity index (χ3v) is 3.89. The van der Waals surface area contributed by atoms with Crippen LogP contribution in [0.15, 0.2) is 18.2 Å². The number of nitrogens with two attached hydrogens (primary N) is 1. The SMILES string of the molecule is COC1CCCN(C(CN)c2cc(F)cc(Cl)c2)C1. The Bertz CT molecular complexity index is 410. The summed E-state index contributed by atoms with van der Waals surface area (Å²) < 4.78 is 18.9. The van der Waals surface area contributed by atoms with Gasteiger partial charge in [-0.3, -0.25) is 4.90 Å². The lowest BCUT2D eigenvalue weighted by Crippen LogP contribution is -2.43. The summed E-state index contributed by atoms with van der Waals surface area (Å²) in [6.07, 6.45) is 2.36. The number of hydrogen-bond acceptors (Lipinski definition) is 3. The Morgan fingerprint density at radius 2 is 2.32 bits per heavy atom. The predicted molar refractivity (Wildman–Crippen MR) is 74.8 cm³/mol. The monoisotopic (exact) mass is 286 g/mol. The quantitative estimate of drug-likeness (QED) is 0.925. The van der Waals surface area contributed by atoms with Crippen molar-refractivity contribution >= 4 is 11.6 Å². The van der Waals surface area contributed by atoms with Gasteiger partial charge in [0.15, 0.2) is 0 Å². The van der Waals surface area contributed by atoms with Crippen LogP contribution in [0, 0.1) is 5.82 Å². The highest BCUT2D eigenvalue weighted by molar-refractivity contribution is 6.30. The molecule has 0 amide bonds. The zero-order valence-corrected chi connectivity index (χ0v) is 11.9. The van der Waals surface area contributed by atoms with E-state index >= 15 is 0 Å². The molecule has 1 aliphatic rings. The Balaban J connectivity index is 2.18. The summed E-state index contributed by atoms with van der Waals surface area (Å²) in [5.41, 5.74) is 6.71. The first kappa shape index (κ1) is 14.7. The van der Waals surface area contributed by atoms with E-state index in [1.54, 1.807) is 13.2 Å². The van der Waals surface area contributed by atoms with Crippen LogP contribution in [-0.2, 0) is 4.74 Å². The van der Waals surface area contributed by atoms with Gasteiger partial charge in [0.1, 0.15) is 5.82 Å². The number of likely N-dealkylation sites (tertiary alicyclic amines) is 1. The van der Waals surface area contributed by atoms with Crippen molar-refractivity contribution < 1.29 is 9.13 Å². The summed E-state index contributed by atoms with van der Waals surface area (Å²) >= 11 is 5.92. The molecule has 0 spiro atoms. The first-order valence-electron chi connectivity index (χ1n) is 6.57. The fourth-order valence-electron chi connectivity index (χ4n) is 2.71. The molecule has 5 heteroatoms. The van der Waals surface area contributed by atoms with Gasteiger partial charge in [0, 0.05) is 31.3 Å². The lowest BCUT2D eigenvalue weighted by atomic mass is 10.0. The van der Waals surface area contributed by atoms with E-state index in [2.05, 4.69) is 4.90 Å². The second-order valence-corrected chi connectivity index (χ2v) is 5.39. The molecule has 0 aliphatic carbocycles. The predicted octanol–water partition coefficient (Wildman–Crippen LogP) is 2.59. The molecule has 0 aromatic heterocycles. The summed E-state index contributed by atoms with van der Waals surface area (Å²) in [7, 11) is 1.73. The fraction of sp³-hybridized carbons (Fsp3) is 0.571. The zero-order chi connectivity index (χ0) is 13.8. The molecule has 3 nitrogen and oxygen atoms in total. The van der Waals surface area contributed by atoms with Crippen LogP contribution in [0.4, 0.5) is 4.39 Å². The topological polar surface area (TPSA) is 38.5 Å². The van der Waals surface area contributed by atoms with Crippen LogP contribution in [0.25, 0.3) is 0 Å². The second-order valence-electron chi connectivity index (χ2n) is 4.95. The van der Waals surface area contributed by atoms with Gasteiger partial charge in [0.25, 0.3) is 0 Å². The Morgan fingerprint density at radius 3 is 2.95 bits per heavy atom. The fourth-order valence-corrected chi connectivity index (χ4v) is 2.94.